The largest absolute Gasteiger partial charge is 0.346 e. The van der Waals surface area contributed by atoms with E-state index in [0.29, 0.717) is 5.56 Å². The Bertz CT molecular complexity index is 876. The molecule has 0 aliphatic heterocycles. The van der Waals surface area contributed by atoms with Gasteiger partial charge in [-0.2, -0.15) is 0 Å². The second-order valence-electron chi connectivity index (χ2n) is 5.99. The number of aryl methyl sites for hydroxylation is 1. The summed E-state index contributed by atoms with van der Waals surface area (Å²) < 4.78 is 14.0. The first kappa shape index (κ1) is 18.6. The molecule has 6 heteroatoms. The molecule has 0 saturated carbocycles. The van der Waals surface area contributed by atoms with Gasteiger partial charge >= 0.3 is 0 Å². The lowest BCUT2D eigenvalue weighted by Gasteiger charge is -2.14. The molecule has 0 fully saturated rings. The van der Waals surface area contributed by atoms with Crippen LogP contribution in [-0.4, -0.2) is 10.9 Å². The number of halogens is 1. The molecular weight excluding hydrogens is 367 g/mol. The topological polar surface area (TPSA) is 42.0 Å². The number of thiazole rings is 1. The highest BCUT2D eigenvalue weighted by atomic mass is 32.2. The summed E-state index contributed by atoms with van der Waals surface area (Å²) in [6, 6.07) is 13.6. The number of rotatable bonds is 6. The van der Waals surface area contributed by atoms with Crippen molar-refractivity contribution in [1.82, 2.24) is 10.3 Å². The third kappa shape index (κ3) is 4.93. The van der Waals surface area contributed by atoms with E-state index in [2.05, 4.69) is 10.3 Å². The molecule has 26 heavy (non-hydrogen) atoms. The molecule has 2 aromatic carbocycles. The zero-order valence-electron chi connectivity index (χ0n) is 14.5. The number of nitrogens with one attached hydrogen (secondary N) is 1. The van der Waals surface area contributed by atoms with Gasteiger partial charge < -0.3 is 5.32 Å². The van der Waals surface area contributed by atoms with Gasteiger partial charge in [-0.1, -0.05) is 36.0 Å². The van der Waals surface area contributed by atoms with E-state index in [1.165, 1.54) is 12.1 Å². The Morgan fingerprint density at radius 2 is 1.88 bits per heavy atom. The molecule has 1 amide bonds. The van der Waals surface area contributed by atoms with E-state index in [-0.39, 0.29) is 17.8 Å². The van der Waals surface area contributed by atoms with E-state index in [0.717, 1.165) is 26.9 Å². The Morgan fingerprint density at radius 3 is 2.50 bits per heavy atom. The van der Waals surface area contributed by atoms with Gasteiger partial charge in [0, 0.05) is 22.4 Å². The Kier molecular flexibility index (Phi) is 6.06. The molecule has 1 aromatic heterocycles. The number of carbonyl (C=O) groups is 1. The van der Waals surface area contributed by atoms with Gasteiger partial charge in [0.15, 0.2) is 0 Å². The molecule has 0 bridgehead atoms. The third-order valence-electron chi connectivity index (χ3n) is 3.89. The average molecular weight is 387 g/mol. The zero-order valence-corrected chi connectivity index (χ0v) is 16.2. The van der Waals surface area contributed by atoms with Gasteiger partial charge in [-0.05, 0) is 49.2 Å². The first-order valence-corrected chi connectivity index (χ1v) is 10.1. The van der Waals surface area contributed by atoms with Crippen LogP contribution in [0.4, 0.5) is 4.39 Å². The molecule has 3 nitrogen and oxygen atoms in total. The van der Waals surface area contributed by atoms with Crippen molar-refractivity contribution in [3.8, 4) is 0 Å². The molecule has 1 atom stereocenters. The first-order valence-electron chi connectivity index (χ1n) is 8.21. The van der Waals surface area contributed by atoms with Crippen molar-refractivity contribution in [2.24, 2.45) is 0 Å². The molecule has 3 rings (SSSR count). The summed E-state index contributed by atoms with van der Waals surface area (Å²) in [7, 11) is 0. The summed E-state index contributed by atoms with van der Waals surface area (Å²) in [6.45, 7) is 3.87. The summed E-state index contributed by atoms with van der Waals surface area (Å²) in [5.41, 5.74) is 3.66. The van der Waals surface area contributed by atoms with Crippen molar-refractivity contribution in [3.05, 3.63) is 82.1 Å². The van der Waals surface area contributed by atoms with Gasteiger partial charge in [0.05, 0.1) is 6.04 Å². The highest BCUT2D eigenvalue weighted by Crippen LogP contribution is 2.26. The van der Waals surface area contributed by atoms with Crippen LogP contribution >= 0.6 is 23.1 Å². The lowest BCUT2D eigenvalue weighted by molar-refractivity contribution is 0.0940. The van der Waals surface area contributed by atoms with Crippen molar-refractivity contribution in [1.29, 1.82) is 0 Å². The monoisotopic (exact) mass is 386 g/mol. The smallest absolute Gasteiger partial charge is 0.251 e. The van der Waals surface area contributed by atoms with E-state index < -0.39 is 0 Å². The van der Waals surface area contributed by atoms with Crippen LogP contribution in [0.25, 0.3) is 0 Å². The minimum absolute atomic E-state index is 0.142. The van der Waals surface area contributed by atoms with Gasteiger partial charge in [0.1, 0.15) is 10.2 Å². The fourth-order valence-corrected chi connectivity index (χ4v) is 4.22. The van der Waals surface area contributed by atoms with Crippen LogP contribution in [0.5, 0.6) is 0 Å². The lowest BCUT2D eigenvalue weighted by atomic mass is 10.1. The highest BCUT2D eigenvalue weighted by molar-refractivity contribution is 8.00. The number of aromatic nitrogens is 1. The molecule has 134 valence electrons. The molecule has 0 saturated heterocycles. The van der Waals surface area contributed by atoms with Crippen molar-refractivity contribution < 1.29 is 9.18 Å². The van der Waals surface area contributed by atoms with Gasteiger partial charge in [-0.25, -0.2) is 9.37 Å². The van der Waals surface area contributed by atoms with E-state index in [9.17, 15) is 9.18 Å². The van der Waals surface area contributed by atoms with Crippen LogP contribution < -0.4 is 5.32 Å². The fourth-order valence-electron chi connectivity index (χ4n) is 2.41. The average Bonchev–Trinajstić information content (AvgIpc) is 3.06. The summed E-state index contributed by atoms with van der Waals surface area (Å²) >= 11 is 3.34. The molecule has 1 heterocycles. The van der Waals surface area contributed by atoms with E-state index in [1.807, 2.05) is 43.5 Å². The Labute approximate surface area is 160 Å². The second kappa shape index (κ2) is 8.47. The van der Waals surface area contributed by atoms with Crippen molar-refractivity contribution in [2.75, 3.05) is 0 Å². The number of nitrogens with zero attached hydrogens (tertiary/aromatic N) is 1. The Balaban J connectivity index is 1.57. The Hall–Kier alpha value is -2.18. The van der Waals surface area contributed by atoms with Crippen LogP contribution in [0.15, 0.2) is 58.3 Å². The van der Waals surface area contributed by atoms with Gasteiger partial charge in [0.25, 0.3) is 5.91 Å². The normalized spacial score (nSPS) is 12.0. The summed E-state index contributed by atoms with van der Waals surface area (Å²) in [5, 5.41) is 4.98. The number of carbonyl (C=O) groups excluding carboxylic acids is 1. The Morgan fingerprint density at radius 1 is 1.19 bits per heavy atom. The van der Waals surface area contributed by atoms with E-state index >= 15 is 0 Å². The van der Waals surface area contributed by atoms with Crippen LogP contribution in [0.3, 0.4) is 0 Å². The van der Waals surface area contributed by atoms with Crippen molar-refractivity contribution in [2.45, 2.75) is 30.0 Å². The molecule has 1 unspecified atom stereocenters. The van der Waals surface area contributed by atoms with Gasteiger partial charge in [-0.15, -0.1) is 11.3 Å². The number of benzene rings is 2. The summed E-state index contributed by atoms with van der Waals surface area (Å²) in [4.78, 5) is 16.8. The van der Waals surface area contributed by atoms with Crippen LogP contribution in [0.1, 0.15) is 40.1 Å². The number of thioether (sulfide) groups is 1. The molecule has 0 aliphatic carbocycles. The molecule has 3 aromatic rings. The maximum absolute atomic E-state index is 13.0. The van der Waals surface area contributed by atoms with Gasteiger partial charge in [0.2, 0.25) is 0 Å². The molecule has 0 spiro atoms. The maximum Gasteiger partial charge on any atom is 0.251 e. The second-order valence-corrected chi connectivity index (χ2v) is 8.07. The van der Waals surface area contributed by atoms with E-state index in [4.69, 9.17) is 0 Å². The standard InChI is InChI=1S/C20H19FN2OS2/c1-13-11-25-20(22-13)26-12-15-3-5-17(6-4-15)19(24)23-14(2)16-7-9-18(21)10-8-16/h3-11,14H,12H2,1-2H3,(H,23,24). The molecule has 0 radical (unpaired) electrons. The minimum Gasteiger partial charge on any atom is -0.346 e. The molecule has 1 N–H and O–H groups in total. The predicted octanol–water partition coefficient (Wildman–Crippen LogP) is 5.37. The number of hydrogen-bond donors (Lipinski definition) is 1. The molecule has 0 aliphatic rings. The lowest BCUT2D eigenvalue weighted by Crippen LogP contribution is -2.26. The minimum atomic E-state index is -0.284. The van der Waals surface area contributed by atoms with Crippen molar-refractivity contribution >= 4 is 29.0 Å². The number of amides is 1. The fraction of sp³-hybridized carbons (Fsp3) is 0.200. The molecular formula is C20H19FN2OS2. The van der Waals surface area contributed by atoms with E-state index in [1.54, 1.807) is 35.2 Å². The summed E-state index contributed by atoms with van der Waals surface area (Å²) in [6.07, 6.45) is 0. The van der Waals surface area contributed by atoms with Crippen molar-refractivity contribution in [3.63, 3.8) is 0 Å². The SMILES string of the molecule is Cc1csc(SCc2ccc(C(=O)NC(C)c3ccc(F)cc3)cc2)n1. The van der Waals surface area contributed by atoms with Crippen LogP contribution in [0.2, 0.25) is 0 Å². The van der Waals surface area contributed by atoms with Gasteiger partial charge in [-0.3, -0.25) is 4.79 Å². The van der Waals surface area contributed by atoms with Crippen LogP contribution in [-0.2, 0) is 5.75 Å². The predicted molar refractivity (Wildman–Crippen MR) is 105 cm³/mol. The maximum atomic E-state index is 13.0. The number of hydrogen-bond acceptors (Lipinski definition) is 4. The zero-order chi connectivity index (χ0) is 18.5. The third-order valence-corrected chi connectivity index (χ3v) is 6.10. The first-order chi connectivity index (χ1) is 12.5. The summed E-state index contributed by atoms with van der Waals surface area (Å²) in [5.74, 6) is 0.395. The quantitative estimate of drug-likeness (QED) is 0.579. The highest BCUT2D eigenvalue weighted by Gasteiger charge is 2.11. The van der Waals surface area contributed by atoms with Crippen LogP contribution in [0, 0.1) is 12.7 Å².